The molecule has 13 heteroatoms. The number of ether oxygens (including phenoxy) is 4. The first-order valence-corrected chi connectivity index (χ1v) is 14.8. The molecule has 0 bridgehead atoms. The van der Waals surface area contributed by atoms with Gasteiger partial charge in [0, 0.05) is 38.3 Å². The van der Waals surface area contributed by atoms with Crippen molar-refractivity contribution in [1.82, 2.24) is 19.9 Å². The van der Waals surface area contributed by atoms with E-state index in [1.807, 2.05) is 49.3 Å². The van der Waals surface area contributed by atoms with Gasteiger partial charge in [-0.1, -0.05) is 11.6 Å². The molecule has 6 rings (SSSR count). The standard InChI is InChI=1S/C31H36ClN7O5/c1-37-9-10-43-29-21(33)11-18(12-24(29)37)16-44-25-8-7-22(25)35-31(40)39-17-34-28-23(14-27(32)36-30(28)39)38(2)15-19-5-6-20(41-3)13-26(19)42-4/h5-6,11-14,17,22,25H,7-10,15-16,33H2,1-4H3,(H,35,40)/t22-,25-/m1/s1. The number of nitrogens with zero attached hydrogens (tertiary/aromatic N) is 5. The normalized spacial score (nSPS) is 17.4. The van der Waals surface area contributed by atoms with E-state index in [1.165, 1.54) is 10.9 Å². The summed E-state index contributed by atoms with van der Waals surface area (Å²) in [5.74, 6) is 2.12. The van der Waals surface area contributed by atoms with Crippen molar-refractivity contribution in [3.05, 3.63) is 59.0 Å². The Balaban J connectivity index is 1.14. The Morgan fingerprint density at radius 3 is 2.80 bits per heavy atom. The number of hydrogen-bond acceptors (Lipinski definition) is 10. The molecule has 0 saturated heterocycles. The van der Waals surface area contributed by atoms with E-state index >= 15 is 0 Å². The summed E-state index contributed by atoms with van der Waals surface area (Å²) in [4.78, 5) is 26.5. The fourth-order valence-corrected chi connectivity index (χ4v) is 5.78. The number of carbonyl (C=O) groups excluding carboxylic acids is 1. The van der Waals surface area contributed by atoms with Gasteiger partial charge in [-0.05, 0) is 42.7 Å². The van der Waals surface area contributed by atoms with Crippen LogP contribution in [-0.2, 0) is 17.9 Å². The minimum atomic E-state index is -0.345. The van der Waals surface area contributed by atoms with Crippen LogP contribution < -0.4 is 35.1 Å². The number of nitrogens with one attached hydrogen (secondary N) is 1. The van der Waals surface area contributed by atoms with Crippen molar-refractivity contribution in [3.8, 4) is 17.2 Å². The van der Waals surface area contributed by atoms with E-state index < -0.39 is 0 Å². The van der Waals surface area contributed by atoms with Gasteiger partial charge in [-0.2, -0.15) is 0 Å². The average molecular weight is 622 g/mol. The molecule has 1 aliphatic heterocycles. The molecule has 0 radical (unpaired) electrons. The largest absolute Gasteiger partial charge is 0.497 e. The molecule has 3 heterocycles. The second-order valence-corrected chi connectivity index (χ2v) is 11.5. The van der Waals surface area contributed by atoms with E-state index in [9.17, 15) is 4.79 Å². The molecule has 0 unspecified atom stereocenters. The first-order valence-electron chi connectivity index (χ1n) is 14.4. The Bertz CT molecular complexity index is 1700. The summed E-state index contributed by atoms with van der Waals surface area (Å²) in [6, 6.07) is 10.8. The number of hydrogen-bond donors (Lipinski definition) is 2. The predicted molar refractivity (Wildman–Crippen MR) is 169 cm³/mol. The number of fused-ring (bicyclic) bond motifs is 2. The highest BCUT2D eigenvalue weighted by Gasteiger charge is 2.34. The van der Waals surface area contributed by atoms with Crippen LogP contribution in [0, 0.1) is 0 Å². The summed E-state index contributed by atoms with van der Waals surface area (Å²) in [7, 11) is 7.17. The lowest BCUT2D eigenvalue weighted by Gasteiger charge is -2.37. The van der Waals surface area contributed by atoms with Gasteiger partial charge < -0.3 is 39.8 Å². The number of methoxy groups -OCH3 is 2. The second-order valence-electron chi connectivity index (χ2n) is 11.1. The lowest BCUT2D eigenvalue weighted by atomic mass is 9.89. The van der Waals surface area contributed by atoms with Crippen LogP contribution in [0.25, 0.3) is 11.2 Å². The molecule has 2 aliphatic rings. The average Bonchev–Trinajstić information content (AvgIpc) is 3.43. The molecule has 0 spiro atoms. The van der Waals surface area contributed by atoms with Crippen molar-refractivity contribution in [1.29, 1.82) is 0 Å². The maximum absolute atomic E-state index is 13.4. The molecule has 232 valence electrons. The molecule has 2 atom stereocenters. The summed E-state index contributed by atoms with van der Waals surface area (Å²) in [6.07, 6.45) is 2.99. The Morgan fingerprint density at radius 2 is 2.05 bits per heavy atom. The molecule has 2 aromatic carbocycles. The third-order valence-corrected chi connectivity index (χ3v) is 8.40. The SMILES string of the molecule is COc1ccc(CN(C)c2cc(Cl)nc3c2ncn3C(=O)N[C@@H]2CC[C@H]2OCc2cc(N)c3c(c2)N(C)CCO3)c(OC)c1. The molecule has 12 nitrogen and oxygen atoms in total. The third kappa shape index (κ3) is 5.74. The van der Waals surface area contributed by atoms with Gasteiger partial charge in [0.15, 0.2) is 11.4 Å². The molecule has 1 aliphatic carbocycles. The van der Waals surface area contributed by atoms with Crippen molar-refractivity contribution >= 4 is 45.9 Å². The lowest BCUT2D eigenvalue weighted by molar-refractivity contribution is -0.0323. The summed E-state index contributed by atoms with van der Waals surface area (Å²) >= 11 is 6.44. The fraction of sp³-hybridized carbons (Fsp3) is 0.387. The van der Waals surface area contributed by atoms with E-state index in [1.54, 1.807) is 20.3 Å². The van der Waals surface area contributed by atoms with Gasteiger partial charge in [-0.25, -0.2) is 19.3 Å². The van der Waals surface area contributed by atoms with Gasteiger partial charge in [0.05, 0.1) is 56.6 Å². The van der Waals surface area contributed by atoms with E-state index in [4.69, 9.17) is 36.3 Å². The molecular formula is C31H36ClN7O5. The number of rotatable bonds is 9. The van der Waals surface area contributed by atoms with Gasteiger partial charge in [0.1, 0.15) is 35.1 Å². The van der Waals surface area contributed by atoms with Crippen molar-refractivity contribution in [2.75, 3.05) is 57.0 Å². The number of halogens is 1. The maximum atomic E-state index is 13.4. The van der Waals surface area contributed by atoms with Gasteiger partial charge in [0.2, 0.25) is 0 Å². The van der Waals surface area contributed by atoms with E-state index in [2.05, 4.69) is 20.2 Å². The summed E-state index contributed by atoms with van der Waals surface area (Å²) in [5, 5.41) is 3.33. The summed E-state index contributed by atoms with van der Waals surface area (Å²) in [6.45, 7) is 2.29. The van der Waals surface area contributed by atoms with Crippen LogP contribution in [0.15, 0.2) is 42.7 Å². The zero-order chi connectivity index (χ0) is 31.0. The number of amides is 1. The minimum absolute atomic E-state index is 0.127. The second kappa shape index (κ2) is 12.3. The van der Waals surface area contributed by atoms with Gasteiger partial charge >= 0.3 is 6.03 Å². The van der Waals surface area contributed by atoms with Crippen LogP contribution in [0.2, 0.25) is 5.15 Å². The van der Waals surface area contributed by atoms with Gasteiger partial charge in [-0.3, -0.25) is 0 Å². The number of benzene rings is 2. The highest BCUT2D eigenvalue weighted by molar-refractivity contribution is 6.30. The number of nitrogens with two attached hydrogens (primary N) is 1. The van der Waals surface area contributed by atoms with E-state index in [0.29, 0.717) is 53.9 Å². The predicted octanol–water partition coefficient (Wildman–Crippen LogP) is 4.45. The number of nitrogen functional groups attached to an aromatic ring is 1. The third-order valence-electron chi connectivity index (χ3n) is 8.21. The first kappa shape index (κ1) is 29.6. The van der Waals surface area contributed by atoms with Crippen LogP contribution in [-0.4, -0.2) is 74.2 Å². The summed E-state index contributed by atoms with van der Waals surface area (Å²) in [5.41, 5.74) is 11.4. The Hall–Kier alpha value is -4.42. The van der Waals surface area contributed by atoms with E-state index in [-0.39, 0.29) is 23.3 Å². The molecule has 1 saturated carbocycles. The Labute approximate surface area is 260 Å². The minimum Gasteiger partial charge on any atom is -0.497 e. The fourth-order valence-electron chi connectivity index (χ4n) is 5.60. The van der Waals surface area contributed by atoms with Crippen LogP contribution in [0.5, 0.6) is 17.2 Å². The summed E-state index contributed by atoms with van der Waals surface area (Å²) < 4.78 is 24.2. The zero-order valence-corrected chi connectivity index (χ0v) is 25.9. The number of imidazole rings is 1. The number of pyridine rings is 1. The molecule has 44 heavy (non-hydrogen) atoms. The van der Waals surface area contributed by atoms with Crippen molar-refractivity contribution in [2.45, 2.75) is 38.1 Å². The van der Waals surface area contributed by atoms with Gasteiger partial charge in [-0.15, -0.1) is 0 Å². The van der Waals surface area contributed by atoms with Crippen molar-refractivity contribution in [2.24, 2.45) is 0 Å². The Kier molecular flexibility index (Phi) is 8.28. The molecule has 3 N–H and O–H groups in total. The topological polar surface area (TPSA) is 129 Å². The quantitative estimate of drug-likeness (QED) is 0.204. The van der Waals surface area contributed by atoms with Crippen LogP contribution in [0.1, 0.15) is 24.0 Å². The zero-order valence-electron chi connectivity index (χ0n) is 25.2. The Morgan fingerprint density at radius 1 is 1.20 bits per heavy atom. The maximum Gasteiger partial charge on any atom is 0.328 e. The molecule has 1 fully saturated rings. The van der Waals surface area contributed by atoms with Gasteiger partial charge in [0.25, 0.3) is 0 Å². The molecule has 1 amide bonds. The molecule has 4 aromatic rings. The number of anilines is 3. The number of aromatic nitrogens is 3. The molecular weight excluding hydrogens is 586 g/mol. The lowest BCUT2D eigenvalue weighted by Crippen LogP contribution is -2.52. The van der Waals surface area contributed by atoms with Crippen LogP contribution >= 0.6 is 11.6 Å². The van der Waals surface area contributed by atoms with Crippen LogP contribution in [0.4, 0.5) is 21.9 Å². The number of carbonyl (C=O) groups is 1. The van der Waals surface area contributed by atoms with Crippen molar-refractivity contribution in [3.63, 3.8) is 0 Å². The van der Waals surface area contributed by atoms with E-state index in [0.717, 1.165) is 41.9 Å². The smallest absolute Gasteiger partial charge is 0.328 e. The number of likely N-dealkylation sites (N-methyl/N-ethyl adjacent to an activating group) is 1. The highest BCUT2D eigenvalue weighted by atomic mass is 35.5. The highest BCUT2D eigenvalue weighted by Crippen LogP contribution is 2.38. The van der Waals surface area contributed by atoms with Crippen molar-refractivity contribution < 1.29 is 23.7 Å². The van der Waals surface area contributed by atoms with Crippen LogP contribution in [0.3, 0.4) is 0 Å². The monoisotopic (exact) mass is 621 g/mol. The molecule has 2 aromatic heterocycles. The first-order chi connectivity index (χ1) is 21.2.